The highest BCUT2D eigenvalue weighted by Crippen LogP contribution is 2.40. The van der Waals surface area contributed by atoms with Crippen LogP contribution in [-0.4, -0.2) is 31.4 Å². The van der Waals surface area contributed by atoms with E-state index in [0.717, 1.165) is 29.7 Å². The van der Waals surface area contributed by atoms with Crippen LogP contribution in [0.15, 0.2) is 41.0 Å². The van der Waals surface area contributed by atoms with E-state index < -0.39 is 11.4 Å². The van der Waals surface area contributed by atoms with Gasteiger partial charge in [-0.15, -0.1) is 0 Å². The number of rotatable bonds is 5. The fourth-order valence-corrected chi connectivity index (χ4v) is 2.96. The first kappa shape index (κ1) is 14.7. The lowest BCUT2D eigenvalue weighted by Crippen LogP contribution is -2.34. The Kier molecular flexibility index (Phi) is 3.90. The average molecular weight is 302 g/mol. The molecule has 1 unspecified atom stereocenters. The van der Waals surface area contributed by atoms with Crippen LogP contribution in [0.25, 0.3) is 0 Å². The summed E-state index contributed by atoms with van der Waals surface area (Å²) in [7, 11) is 1.63. The molecule has 1 N–H and O–H groups in total. The van der Waals surface area contributed by atoms with Gasteiger partial charge in [0.15, 0.2) is 0 Å². The van der Waals surface area contributed by atoms with E-state index in [1.165, 1.54) is 6.26 Å². The smallest absolute Gasteiger partial charge is 0.374 e. The van der Waals surface area contributed by atoms with Crippen molar-refractivity contribution in [1.82, 2.24) is 0 Å². The van der Waals surface area contributed by atoms with Crippen molar-refractivity contribution in [2.75, 3.05) is 20.3 Å². The largest absolute Gasteiger partial charge is 0.497 e. The zero-order chi connectivity index (χ0) is 15.6. The van der Waals surface area contributed by atoms with Crippen molar-refractivity contribution in [3.05, 3.63) is 53.5 Å². The molecular weight excluding hydrogens is 284 g/mol. The summed E-state index contributed by atoms with van der Waals surface area (Å²) in [5, 5.41) is 9.89. The molecule has 1 aliphatic rings. The normalized spacial score (nSPS) is 19.7. The summed E-state index contributed by atoms with van der Waals surface area (Å²) < 4.78 is 15.6. The Bertz CT molecular complexity index is 662. The number of aliphatic hydroxyl groups is 1. The van der Waals surface area contributed by atoms with Gasteiger partial charge in [0, 0.05) is 0 Å². The number of benzene rings is 1. The summed E-state index contributed by atoms with van der Waals surface area (Å²) in [5.41, 5.74) is 1.59. The summed E-state index contributed by atoms with van der Waals surface area (Å²) >= 11 is 0. The molecule has 1 aromatic carbocycles. The zero-order valence-electron chi connectivity index (χ0n) is 12.4. The molecule has 0 saturated heterocycles. The van der Waals surface area contributed by atoms with Gasteiger partial charge >= 0.3 is 5.97 Å². The number of ether oxygens (including phenoxy) is 2. The topological polar surface area (TPSA) is 68.9 Å². The number of hydrogen-bond donors (Lipinski definition) is 1. The van der Waals surface area contributed by atoms with Crippen molar-refractivity contribution in [3.8, 4) is 5.75 Å². The third kappa shape index (κ3) is 2.48. The Balaban J connectivity index is 1.79. The molecule has 0 fully saturated rings. The highest BCUT2D eigenvalue weighted by Gasteiger charge is 2.40. The molecule has 2 aromatic rings. The average Bonchev–Trinajstić information content (AvgIpc) is 3.21. The molecular formula is C17H18O5. The van der Waals surface area contributed by atoms with Crippen molar-refractivity contribution >= 4 is 5.97 Å². The monoisotopic (exact) mass is 302 g/mol. The van der Waals surface area contributed by atoms with Gasteiger partial charge in [-0.1, -0.05) is 6.07 Å². The maximum absolute atomic E-state index is 11.9. The van der Waals surface area contributed by atoms with Crippen LogP contribution in [0.3, 0.4) is 0 Å². The summed E-state index contributed by atoms with van der Waals surface area (Å²) in [4.78, 5) is 11.9. The van der Waals surface area contributed by atoms with Crippen molar-refractivity contribution in [2.24, 2.45) is 0 Å². The van der Waals surface area contributed by atoms with Gasteiger partial charge < -0.3 is 19.0 Å². The van der Waals surface area contributed by atoms with E-state index in [4.69, 9.17) is 13.9 Å². The Labute approximate surface area is 128 Å². The predicted octanol–water partition coefficient (Wildman–Crippen LogP) is 2.32. The second-order valence-electron chi connectivity index (χ2n) is 5.51. The fraction of sp³-hybridized carbons (Fsp3) is 0.353. The quantitative estimate of drug-likeness (QED) is 0.858. The van der Waals surface area contributed by atoms with E-state index >= 15 is 0 Å². The fourth-order valence-electron chi connectivity index (χ4n) is 2.96. The number of aliphatic hydroxyl groups excluding tert-OH is 1. The van der Waals surface area contributed by atoms with E-state index in [1.807, 2.05) is 18.2 Å². The molecule has 0 spiro atoms. The van der Waals surface area contributed by atoms with Gasteiger partial charge in [-0.05, 0) is 48.2 Å². The molecule has 1 aliphatic carbocycles. The number of fused-ring (bicyclic) bond motifs is 1. The number of hydrogen-bond acceptors (Lipinski definition) is 5. The van der Waals surface area contributed by atoms with Crippen LogP contribution in [0, 0.1) is 0 Å². The van der Waals surface area contributed by atoms with Gasteiger partial charge in [-0.3, -0.25) is 0 Å². The van der Waals surface area contributed by atoms with Crippen molar-refractivity contribution < 1.29 is 23.8 Å². The number of carbonyl (C=O) groups excluding carboxylic acids is 1. The van der Waals surface area contributed by atoms with Crippen LogP contribution in [0.5, 0.6) is 5.75 Å². The molecule has 3 rings (SSSR count). The summed E-state index contributed by atoms with van der Waals surface area (Å²) in [5.74, 6) is 0.445. The first-order chi connectivity index (χ1) is 10.7. The van der Waals surface area contributed by atoms with Gasteiger partial charge in [0.05, 0.1) is 25.4 Å². The number of methoxy groups -OCH3 is 1. The maximum atomic E-state index is 11.9. The molecule has 0 radical (unpaired) electrons. The molecule has 1 atom stereocenters. The van der Waals surface area contributed by atoms with Crippen molar-refractivity contribution in [3.63, 3.8) is 0 Å². The van der Waals surface area contributed by atoms with Crippen LogP contribution >= 0.6 is 0 Å². The SMILES string of the molecule is COc1ccc2c(c1)CCC2(CO)COC(=O)c1ccco1. The Hall–Kier alpha value is -2.27. The van der Waals surface area contributed by atoms with Crippen molar-refractivity contribution in [2.45, 2.75) is 18.3 Å². The standard InChI is InChI=1S/C17H18O5/c1-20-13-4-5-14-12(9-13)6-7-17(14,10-18)11-22-16(19)15-3-2-8-21-15/h2-5,8-9,18H,6-7,10-11H2,1H3. The van der Waals surface area contributed by atoms with Gasteiger partial charge in [0.1, 0.15) is 12.4 Å². The summed E-state index contributed by atoms with van der Waals surface area (Å²) in [6, 6.07) is 8.97. The van der Waals surface area contributed by atoms with E-state index in [1.54, 1.807) is 19.2 Å². The molecule has 0 bridgehead atoms. The van der Waals surface area contributed by atoms with Crippen LogP contribution < -0.4 is 4.74 Å². The highest BCUT2D eigenvalue weighted by molar-refractivity contribution is 5.86. The second kappa shape index (κ2) is 5.85. The molecule has 1 aromatic heterocycles. The number of aryl methyl sites for hydroxylation is 1. The minimum absolute atomic E-state index is 0.0717. The van der Waals surface area contributed by atoms with Crippen LogP contribution in [0.2, 0.25) is 0 Å². The Morgan fingerprint density at radius 2 is 2.27 bits per heavy atom. The van der Waals surface area contributed by atoms with Crippen LogP contribution in [0.4, 0.5) is 0 Å². The minimum Gasteiger partial charge on any atom is -0.497 e. The molecule has 1 heterocycles. The number of esters is 1. The molecule has 5 nitrogen and oxygen atoms in total. The van der Waals surface area contributed by atoms with E-state index in [9.17, 15) is 9.90 Å². The molecule has 0 amide bonds. The number of carbonyl (C=O) groups is 1. The third-order valence-electron chi connectivity index (χ3n) is 4.26. The summed E-state index contributed by atoms with van der Waals surface area (Å²) in [6.45, 7) is 0.0557. The third-order valence-corrected chi connectivity index (χ3v) is 4.26. The maximum Gasteiger partial charge on any atom is 0.374 e. The van der Waals surface area contributed by atoms with E-state index in [-0.39, 0.29) is 19.0 Å². The molecule has 0 saturated carbocycles. The lowest BCUT2D eigenvalue weighted by molar-refractivity contribution is 0.0286. The molecule has 0 aliphatic heterocycles. The lowest BCUT2D eigenvalue weighted by Gasteiger charge is -2.27. The predicted molar refractivity (Wildman–Crippen MR) is 79.1 cm³/mol. The highest BCUT2D eigenvalue weighted by atomic mass is 16.5. The Morgan fingerprint density at radius 3 is 2.95 bits per heavy atom. The van der Waals surface area contributed by atoms with Gasteiger partial charge in [0.2, 0.25) is 5.76 Å². The van der Waals surface area contributed by atoms with Crippen molar-refractivity contribution in [1.29, 1.82) is 0 Å². The van der Waals surface area contributed by atoms with Gasteiger partial charge in [0.25, 0.3) is 0 Å². The second-order valence-corrected chi connectivity index (χ2v) is 5.51. The van der Waals surface area contributed by atoms with Crippen LogP contribution in [-0.2, 0) is 16.6 Å². The molecule has 5 heteroatoms. The van der Waals surface area contributed by atoms with Gasteiger partial charge in [-0.2, -0.15) is 0 Å². The Morgan fingerprint density at radius 1 is 1.41 bits per heavy atom. The first-order valence-electron chi connectivity index (χ1n) is 7.17. The summed E-state index contributed by atoms with van der Waals surface area (Å²) in [6.07, 6.45) is 2.98. The minimum atomic E-state index is -0.552. The van der Waals surface area contributed by atoms with Crippen LogP contribution in [0.1, 0.15) is 28.1 Å². The first-order valence-corrected chi connectivity index (χ1v) is 7.17. The molecule has 116 valence electrons. The van der Waals surface area contributed by atoms with E-state index in [2.05, 4.69) is 0 Å². The lowest BCUT2D eigenvalue weighted by atomic mass is 9.83. The number of furan rings is 1. The zero-order valence-corrected chi connectivity index (χ0v) is 12.4. The van der Waals surface area contributed by atoms with E-state index in [0.29, 0.717) is 0 Å². The molecule has 22 heavy (non-hydrogen) atoms. The van der Waals surface area contributed by atoms with Gasteiger partial charge in [-0.25, -0.2) is 4.79 Å².